The van der Waals surface area contributed by atoms with Crippen LogP contribution in [-0.4, -0.2) is 9.13 Å². The van der Waals surface area contributed by atoms with Gasteiger partial charge in [-0.15, -0.1) is 0 Å². The lowest BCUT2D eigenvalue weighted by atomic mass is 10.1. The fraction of sp³-hybridized carbons (Fsp3) is 0. The van der Waals surface area contributed by atoms with Crippen LogP contribution in [0, 0.1) is 0 Å². The third kappa shape index (κ3) is 4.05. The van der Waals surface area contributed by atoms with E-state index in [0.29, 0.717) is 0 Å². The Bertz CT molecular complexity index is 2210. The number of rotatable bonds is 5. The lowest BCUT2D eigenvalue weighted by Crippen LogP contribution is -2.11. The van der Waals surface area contributed by atoms with E-state index < -0.39 is 0 Å². The van der Waals surface area contributed by atoms with E-state index >= 15 is 0 Å². The summed E-state index contributed by atoms with van der Waals surface area (Å²) in [5, 5.41) is 5.00. The Morgan fingerprint density at radius 1 is 0.289 bits per heavy atom. The Morgan fingerprint density at radius 3 is 0.956 bits per heavy atom. The third-order valence-corrected chi connectivity index (χ3v) is 8.85. The van der Waals surface area contributed by atoms with E-state index in [1.165, 1.54) is 43.6 Å². The van der Waals surface area contributed by atoms with E-state index in [4.69, 9.17) is 0 Å². The van der Waals surface area contributed by atoms with Crippen molar-refractivity contribution in [2.45, 2.75) is 0 Å². The second-order valence-corrected chi connectivity index (χ2v) is 11.5. The van der Waals surface area contributed by atoms with Crippen molar-refractivity contribution in [3.63, 3.8) is 0 Å². The van der Waals surface area contributed by atoms with Crippen LogP contribution in [0.1, 0.15) is 0 Å². The van der Waals surface area contributed by atoms with Crippen molar-refractivity contribution in [1.29, 1.82) is 0 Å². The minimum atomic E-state index is 1.09. The number of aromatic nitrogens is 2. The number of fused-ring (bicyclic) bond motifs is 6. The Kier molecular flexibility index (Phi) is 5.82. The van der Waals surface area contributed by atoms with Gasteiger partial charge in [0.2, 0.25) is 0 Å². The van der Waals surface area contributed by atoms with Crippen LogP contribution >= 0.6 is 0 Å². The predicted octanol–water partition coefficient (Wildman–Crippen LogP) is 11.4. The van der Waals surface area contributed by atoms with E-state index in [2.05, 4.69) is 190 Å². The molecule has 3 heteroatoms. The highest BCUT2D eigenvalue weighted by atomic mass is 15.1. The summed E-state index contributed by atoms with van der Waals surface area (Å²) in [5.41, 5.74) is 10.3. The predicted molar refractivity (Wildman–Crippen MR) is 190 cm³/mol. The van der Waals surface area contributed by atoms with Gasteiger partial charge >= 0.3 is 0 Å². The first-order valence-corrected chi connectivity index (χ1v) is 15.4. The molecule has 3 nitrogen and oxygen atoms in total. The number of anilines is 3. The normalized spacial score (nSPS) is 11.6. The highest BCUT2D eigenvalue weighted by molar-refractivity contribution is 6.10. The lowest BCUT2D eigenvalue weighted by Gasteiger charge is -2.27. The minimum absolute atomic E-state index is 1.09. The molecule has 0 fully saturated rings. The van der Waals surface area contributed by atoms with E-state index in [1.807, 2.05) is 0 Å². The summed E-state index contributed by atoms with van der Waals surface area (Å²) in [6.07, 6.45) is 0. The Labute approximate surface area is 261 Å². The van der Waals surface area contributed by atoms with Gasteiger partial charge < -0.3 is 14.0 Å². The van der Waals surface area contributed by atoms with Crippen molar-refractivity contribution in [2.24, 2.45) is 0 Å². The van der Waals surface area contributed by atoms with Gasteiger partial charge in [0.15, 0.2) is 0 Å². The molecule has 0 unspecified atom stereocenters. The first-order valence-electron chi connectivity index (χ1n) is 15.4. The number of hydrogen-bond acceptors (Lipinski definition) is 1. The third-order valence-electron chi connectivity index (χ3n) is 8.85. The zero-order chi connectivity index (χ0) is 29.7. The van der Waals surface area contributed by atoms with Crippen LogP contribution in [0.5, 0.6) is 0 Å². The van der Waals surface area contributed by atoms with Gasteiger partial charge in [-0.2, -0.15) is 0 Å². The van der Waals surface area contributed by atoms with Crippen LogP contribution in [0.3, 0.4) is 0 Å². The highest BCUT2D eigenvalue weighted by Gasteiger charge is 2.20. The van der Waals surface area contributed by atoms with Gasteiger partial charge in [0, 0.05) is 32.9 Å². The molecule has 0 amide bonds. The largest absolute Gasteiger partial charge is 0.310 e. The fourth-order valence-electron chi connectivity index (χ4n) is 6.97. The Morgan fingerprint density at radius 2 is 0.600 bits per heavy atom. The van der Waals surface area contributed by atoms with Crippen molar-refractivity contribution < 1.29 is 0 Å². The fourth-order valence-corrected chi connectivity index (χ4v) is 6.97. The van der Waals surface area contributed by atoms with Crippen LogP contribution < -0.4 is 4.90 Å². The van der Waals surface area contributed by atoms with E-state index in [-0.39, 0.29) is 0 Å². The second-order valence-electron chi connectivity index (χ2n) is 11.5. The van der Waals surface area contributed by atoms with Crippen LogP contribution in [0.15, 0.2) is 176 Å². The smallest absolute Gasteiger partial charge is 0.0541 e. The molecule has 0 saturated heterocycles. The van der Waals surface area contributed by atoms with E-state index in [9.17, 15) is 0 Å². The molecule has 0 bridgehead atoms. The molecular weight excluding hydrogens is 546 g/mol. The standard InChI is InChI=1S/C42H29N3/c1-3-15-30(16-4-1)43(31-17-5-2-6-18-31)32-27-33(44-39-23-11-7-19-35(39)36-20-8-12-24-40(36)44)29-34(28-32)45-41-25-13-9-21-37(41)38-22-10-14-26-42(38)45/h1-29H. The molecule has 0 atom stereocenters. The van der Waals surface area contributed by atoms with Crippen molar-refractivity contribution in [1.82, 2.24) is 9.13 Å². The lowest BCUT2D eigenvalue weighted by molar-refractivity contribution is 1.12. The van der Waals surface area contributed by atoms with E-state index in [0.717, 1.165) is 28.4 Å². The maximum Gasteiger partial charge on any atom is 0.0541 e. The molecule has 9 rings (SSSR count). The van der Waals surface area contributed by atoms with Crippen molar-refractivity contribution in [3.8, 4) is 11.4 Å². The molecular formula is C42H29N3. The molecule has 2 heterocycles. The monoisotopic (exact) mass is 575 g/mol. The van der Waals surface area contributed by atoms with Crippen molar-refractivity contribution in [2.75, 3.05) is 4.90 Å². The molecule has 0 N–H and O–H groups in total. The summed E-state index contributed by atoms with van der Waals surface area (Å²) < 4.78 is 4.83. The summed E-state index contributed by atoms with van der Waals surface area (Å²) >= 11 is 0. The molecule has 45 heavy (non-hydrogen) atoms. The van der Waals surface area contributed by atoms with Gasteiger partial charge in [0.05, 0.1) is 39.1 Å². The van der Waals surface area contributed by atoms with Gasteiger partial charge in [-0.1, -0.05) is 109 Å². The molecule has 0 saturated carbocycles. The van der Waals surface area contributed by atoms with Crippen molar-refractivity contribution >= 4 is 60.7 Å². The quantitative estimate of drug-likeness (QED) is 0.199. The van der Waals surface area contributed by atoms with E-state index in [1.54, 1.807) is 0 Å². The maximum absolute atomic E-state index is 2.42. The topological polar surface area (TPSA) is 13.1 Å². The van der Waals surface area contributed by atoms with Crippen LogP contribution in [0.25, 0.3) is 55.0 Å². The van der Waals surface area contributed by atoms with Gasteiger partial charge in [-0.25, -0.2) is 0 Å². The summed E-state index contributed by atoms with van der Waals surface area (Å²) in [6.45, 7) is 0. The molecule has 0 aliphatic carbocycles. The van der Waals surface area contributed by atoms with Gasteiger partial charge in [-0.05, 0) is 66.7 Å². The zero-order valence-electron chi connectivity index (χ0n) is 24.6. The average Bonchev–Trinajstić information content (AvgIpc) is 3.63. The van der Waals surface area contributed by atoms with Crippen LogP contribution in [0.2, 0.25) is 0 Å². The first kappa shape index (κ1) is 25.4. The first-order chi connectivity index (χ1) is 22.3. The molecule has 0 spiro atoms. The SMILES string of the molecule is c1ccc(N(c2ccccc2)c2cc(-n3c4ccccc4c4ccccc43)cc(-n3c4ccccc4c4ccccc43)c2)cc1. The summed E-state index contributed by atoms with van der Waals surface area (Å²) in [6, 6.07) is 63.2. The van der Waals surface area contributed by atoms with Crippen LogP contribution in [-0.2, 0) is 0 Å². The molecule has 2 aromatic heterocycles. The van der Waals surface area contributed by atoms with Crippen molar-refractivity contribution in [3.05, 3.63) is 176 Å². The number of nitrogens with zero attached hydrogens (tertiary/aromatic N) is 3. The molecule has 0 aliphatic rings. The molecule has 7 aromatic carbocycles. The average molecular weight is 576 g/mol. The molecule has 0 radical (unpaired) electrons. The molecule has 0 aliphatic heterocycles. The minimum Gasteiger partial charge on any atom is -0.310 e. The van der Waals surface area contributed by atoms with Gasteiger partial charge in [-0.3, -0.25) is 0 Å². The second kappa shape index (κ2) is 10.3. The highest BCUT2D eigenvalue weighted by Crippen LogP contribution is 2.41. The Balaban J connectivity index is 1.42. The molecule has 212 valence electrons. The summed E-state index contributed by atoms with van der Waals surface area (Å²) in [7, 11) is 0. The number of benzene rings is 7. The summed E-state index contributed by atoms with van der Waals surface area (Å²) in [5.74, 6) is 0. The number of para-hydroxylation sites is 6. The van der Waals surface area contributed by atoms with Gasteiger partial charge in [0.25, 0.3) is 0 Å². The molecule has 9 aromatic rings. The number of hydrogen-bond donors (Lipinski definition) is 0. The Hall–Kier alpha value is -6.06. The van der Waals surface area contributed by atoms with Gasteiger partial charge in [0.1, 0.15) is 0 Å². The zero-order valence-corrected chi connectivity index (χ0v) is 24.6. The van der Waals surface area contributed by atoms with Crippen LogP contribution in [0.4, 0.5) is 17.1 Å². The summed E-state index contributed by atoms with van der Waals surface area (Å²) in [4.78, 5) is 2.36. The maximum atomic E-state index is 2.42.